The molecule has 0 atom stereocenters. The summed E-state index contributed by atoms with van der Waals surface area (Å²) < 4.78 is 20.2. The van der Waals surface area contributed by atoms with Crippen LogP contribution in [0.2, 0.25) is 0 Å². The van der Waals surface area contributed by atoms with Crippen molar-refractivity contribution in [3.05, 3.63) is 29.6 Å². The molecule has 0 unspecified atom stereocenters. The molecule has 0 bridgehead atoms. The molecular weight excluding hydrogens is 192 g/mol. The number of nitrogens with zero attached hydrogens (tertiary/aromatic N) is 1. The van der Waals surface area contributed by atoms with Gasteiger partial charge < -0.3 is 0 Å². The number of hydrogen-bond acceptors (Lipinski definition) is 3. The van der Waals surface area contributed by atoms with E-state index in [2.05, 4.69) is 16.2 Å². The van der Waals surface area contributed by atoms with Gasteiger partial charge in [0.05, 0.1) is 0 Å². The van der Waals surface area contributed by atoms with Gasteiger partial charge in [-0.05, 0) is 0 Å². The Morgan fingerprint density at radius 1 is 1.08 bits per heavy atom. The van der Waals surface area contributed by atoms with Crippen LogP contribution in [0, 0.1) is 11.3 Å². The van der Waals surface area contributed by atoms with E-state index in [9.17, 15) is 9.13 Å². The molecule has 0 N–H and O–H groups in total. The number of hydrogen-bond donors (Lipinski definition) is 0. The van der Waals surface area contributed by atoms with Crippen molar-refractivity contribution in [2.24, 2.45) is 0 Å². The minimum atomic E-state index is -0.213. The molecular formula is C7H3NO2P2. The molecule has 0 spiro atoms. The third-order valence-corrected chi connectivity index (χ3v) is 1.71. The second-order valence-electron chi connectivity index (χ2n) is 1.81. The molecule has 0 saturated carbocycles. The fourth-order valence-corrected chi connectivity index (χ4v) is 1.09. The maximum atomic E-state index is 10.1. The molecule has 12 heavy (non-hydrogen) atoms. The van der Waals surface area contributed by atoms with Crippen LogP contribution in [0.15, 0.2) is 18.2 Å². The van der Waals surface area contributed by atoms with Gasteiger partial charge in [-0.3, -0.25) is 0 Å². The summed E-state index contributed by atoms with van der Waals surface area (Å²) in [6.07, 6.45) is 0. The molecule has 58 valence electrons. The van der Waals surface area contributed by atoms with Crippen molar-refractivity contribution in [3.63, 3.8) is 0 Å². The molecule has 5 heteroatoms. The molecule has 0 saturated heterocycles. The summed E-state index contributed by atoms with van der Waals surface area (Å²) in [6.45, 7) is 0. The predicted octanol–water partition coefficient (Wildman–Crippen LogP) is 2.28. The van der Waals surface area contributed by atoms with Crippen LogP contribution in [0.3, 0.4) is 0 Å². The molecule has 3 nitrogen and oxygen atoms in total. The van der Waals surface area contributed by atoms with Crippen molar-refractivity contribution in [1.29, 1.82) is 0 Å². The van der Waals surface area contributed by atoms with Gasteiger partial charge in [0.15, 0.2) is 0 Å². The normalized spacial score (nSPS) is 8.00. The second kappa shape index (κ2) is 4.93. The summed E-state index contributed by atoms with van der Waals surface area (Å²) in [5, 5.41) is 0. The van der Waals surface area contributed by atoms with E-state index >= 15 is 0 Å². The van der Waals surface area contributed by atoms with Gasteiger partial charge in [0, 0.05) is 0 Å². The Morgan fingerprint density at radius 3 is 2.00 bits per heavy atom. The van der Waals surface area contributed by atoms with Gasteiger partial charge in [-0.25, -0.2) is 0 Å². The summed E-state index contributed by atoms with van der Waals surface area (Å²) in [6, 6.07) is 5.00. The monoisotopic (exact) mass is 195 g/mol. The molecule has 0 aliphatic heterocycles. The van der Waals surface area contributed by atoms with E-state index in [1.165, 1.54) is 0 Å². The van der Waals surface area contributed by atoms with Crippen LogP contribution in [-0.4, -0.2) is 4.98 Å². The zero-order valence-electron chi connectivity index (χ0n) is 5.89. The maximum absolute atomic E-state index is 10.1. The Balaban J connectivity index is 3.23. The molecule has 0 fully saturated rings. The van der Waals surface area contributed by atoms with Crippen LogP contribution >= 0.6 is 15.8 Å². The summed E-state index contributed by atoms with van der Waals surface area (Å²) in [5.74, 6) is 0. The van der Waals surface area contributed by atoms with Crippen molar-refractivity contribution in [2.75, 3.05) is 0 Å². The van der Waals surface area contributed by atoms with Gasteiger partial charge in [-0.2, -0.15) is 0 Å². The zero-order valence-corrected chi connectivity index (χ0v) is 7.68. The van der Waals surface area contributed by atoms with Crippen LogP contribution in [0.25, 0.3) is 0 Å². The van der Waals surface area contributed by atoms with Gasteiger partial charge in [0.1, 0.15) is 0 Å². The number of rotatable bonds is 0. The Hall–Kier alpha value is -0.830. The second-order valence-corrected chi connectivity index (χ2v) is 2.63. The van der Waals surface area contributed by atoms with E-state index in [1.807, 2.05) is 0 Å². The van der Waals surface area contributed by atoms with Crippen LogP contribution in [0.1, 0.15) is 11.4 Å². The third-order valence-electron chi connectivity index (χ3n) is 1.07. The van der Waals surface area contributed by atoms with Gasteiger partial charge in [0.25, 0.3) is 0 Å². The summed E-state index contributed by atoms with van der Waals surface area (Å²) >= 11 is 0. The quantitative estimate of drug-likeness (QED) is 0.596. The summed E-state index contributed by atoms with van der Waals surface area (Å²) in [4.78, 5) is 3.92. The van der Waals surface area contributed by atoms with Crippen LogP contribution in [0.4, 0.5) is 0 Å². The Morgan fingerprint density at radius 2 is 1.58 bits per heavy atom. The van der Waals surface area contributed by atoms with Gasteiger partial charge in [-0.1, -0.05) is 0 Å². The number of pyridine rings is 1. The SMILES string of the molecule is O=P#Cc1cccc(C#P=O)n1. The van der Waals surface area contributed by atoms with E-state index < -0.39 is 0 Å². The average Bonchev–Trinajstić information content (AvgIpc) is 2.06. The first-order valence-electron chi connectivity index (χ1n) is 3.00. The van der Waals surface area contributed by atoms with Crippen molar-refractivity contribution >= 4 is 15.8 Å². The molecule has 1 heterocycles. The van der Waals surface area contributed by atoms with E-state index in [4.69, 9.17) is 0 Å². The van der Waals surface area contributed by atoms with Crippen molar-refractivity contribution in [3.8, 4) is 11.3 Å². The minimum absolute atomic E-state index is 0.213. The van der Waals surface area contributed by atoms with Crippen molar-refractivity contribution in [1.82, 2.24) is 4.98 Å². The van der Waals surface area contributed by atoms with Gasteiger partial charge in [-0.15, -0.1) is 0 Å². The Labute approximate surface area is 71.5 Å². The first-order chi connectivity index (χ1) is 5.86. The molecule has 0 aromatic carbocycles. The van der Waals surface area contributed by atoms with E-state index in [0.29, 0.717) is 11.4 Å². The van der Waals surface area contributed by atoms with Crippen LogP contribution in [0.5, 0.6) is 0 Å². The molecule has 1 aromatic rings. The van der Waals surface area contributed by atoms with E-state index in [1.54, 1.807) is 18.2 Å². The average molecular weight is 195 g/mol. The number of aromatic nitrogens is 1. The molecule has 0 radical (unpaired) electrons. The predicted molar refractivity (Wildman–Crippen MR) is 45.4 cm³/mol. The summed E-state index contributed by atoms with van der Waals surface area (Å²) in [7, 11) is -0.426. The molecule has 1 rings (SSSR count). The molecule has 0 aliphatic carbocycles. The van der Waals surface area contributed by atoms with Crippen LogP contribution in [-0.2, 0) is 9.13 Å². The molecule has 0 amide bonds. The topological polar surface area (TPSA) is 47.0 Å². The standard InChI is InChI=1S/C7H3NO2P2/c9-11-4-6-2-1-3-7(8-6)5-12-10/h1-3H. The zero-order chi connectivity index (χ0) is 8.81. The first kappa shape index (κ1) is 9.26. The fourth-order valence-electron chi connectivity index (χ4n) is 0.653. The van der Waals surface area contributed by atoms with E-state index in [0.717, 1.165) is 0 Å². The molecule has 0 aliphatic rings. The van der Waals surface area contributed by atoms with E-state index in [-0.39, 0.29) is 15.8 Å². The molecule has 1 aromatic heterocycles. The summed E-state index contributed by atoms with van der Waals surface area (Å²) in [5.41, 5.74) is 5.85. The van der Waals surface area contributed by atoms with Crippen molar-refractivity contribution in [2.45, 2.75) is 0 Å². The fraction of sp³-hybridized carbons (Fsp3) is 0. The van der Waals surface area contributed by atoms with Crippen molar-refractivity contribution < 1.29 is 9.13 Å². The first-order valence-corrected chi connectivity index (χ1v) is 4.63. The van der Waals surface area contributed by atoms with Gasteiger partial charge >= 0.3 is 70.8 Å². The Bertz CT molecular complexity index is 443. The van der Waals surface area contributed by atoms with Gasteiger partial charge in [0.2, 0.25) is 0 Å². The third kappa shape index (κ3) is 2.66. The Kier molecular flexibility index (Phi) is 3.80. The van der Waals surface area contributed by atoms with Crippen LogP contribution < -0.4 is 0 Å².